The summed E-state index contributed by atoms with van der Waals surface area (Å²) in [5.41, 5.74) is 2.51. The highest BCUT2D eigenvalue weighted by atomic mass is 19.1. The summed E-state index contributed by atoms with van der Waals surface area (Å²) in [4.78, 5) is 11.0. The number of benzene rings is 1. The van der Waals surface area contributed by atoms with Crippen molar-refractivity contribution in [1.82, 2.24) is 15.1 Å². The first kappa shape index (κ1) is 14.1. The van der Waals surface area contributed by atoms with Crippen LogP contribution in [0, 0.1) is 12.7 Å². The number of fused-ring (bicyclic) bond motifs is 1. The van der Waals surface area contributed by atoms with Gasteiger partial charge in [0, 0.05) is 42.9 Å². The van der Waals surface area contributed by atoms with Crippen LogP contribution in [-0.4, -0.2) is 28.2 Å². The summed E-state index contributed by atoms with van der Waals surface area (Å²) < 4.78 is 18.5. The normalized spacial score (nSPS) is 16.2. The van der Waals surface area contributed by atoms with Crippen molar-refractivity contribution in [3.8, 4) is 0 Å². The first-order valence-electron chi connectivity index (χ1n) is 7.79. The largest absolute Gasteiger partial charge is 0.356 e. The Morgan fingerprint density at radius 2 is 1.91 bits per heavy atom. The van der Waals surface area contributed by atoms with E-state index in [0.29, 0.717) is 11.5 Å². The van der Waals surface area contributed by atoms with Gasteiger partial charge in [0.25, 0.3) is 0 Å². The monoisotopic (exact) mass is 312 g/mol. The van der Waals surface area contributed by atoms with E-state index in [1.165, 1.54) is 12.1 Å². The Bertz CT molecular complexity index is 822. The number of hydrogen-bond donors (Lipinski definition) is 0. The molecule has 4 rings (SSSR count). The third-order valence-corrected chi connectivity index (χ3v) is 4.39. The minimum Gasteiger partial charge on any atom is -0.356 e. The van der Waals surface area contributed by atoms with Gasteiger partial charge in [0.2, 0.25) is 5.95 Å². The molecule has 118 valence electrons. The summed E-state index contributed by atoms with van der Waals surface area (Å²) in [5, 5.41) is 5.09. The van der Waals surface area contributed by atoms with Gasteiger partial charge in [0.1, 0.15) is 5.82 Å². The van der Waals surface area contributed by atoms with E-state index in [-0.39, 0.29) is 5.82 Å². The highest BCUT2D eigenvalue weighted by Gasteiger charge is 2.26. The second kappa shape index (κ2) is 5.61. The van der Waals surface area contributed by atoms with Crippen molar-refractivity contribution in [2.75, 3.05) is 18.0 Å². The second-order valence-corrected chi connectivity index (χ2v) is 6.03. The fraction of sp³-hybridized carbons (Fsp3) is 0.353. The van der Waals surface area contributed by atoms with Crippen molar-refractivity contribution < 1.29 is 8.91 Å². The third kappa shape index (κ3) is 2.65. The SMILES string of the molecule is Cc1cnc(N2CCC(c3noc4cc(F)ccc34)CC2)nc1. The molecule has 23 heavy (non-hydrogen) atoms. The van der Waals surface area contributed by atoms with Gasteiger partial charge in [-0.05, 0) is 37.5 Å². The first-order valence-corrected chi connectivity index (χ1v) is 7.79. The summed E-state index contributed by atoms with van der Waals surface area (Å²) in [5.74, 6) is 0.802. The summed E-state index contributed by atoms with van der Waals surface area (Å²) in [6.45, 7) is 3.74. The fourth-order valence-electron chi connectivity index (χ4n) is 3.13. The molecule has 0 atom stereocenters. The Balaban J connectivity index is 1.51. The summed E-state index contributed by atoms with van der Waals surface area (Å²) in [6, 6.07) is 4.60. The van der Waals surface area contributed by atoms with Gasteiger partial charge >= 0.3 is 0 Å². The van der Waals surface area contributed by atoms with E-state index >= 15 is 0 Å². The average molecular weight is 312 g/mol. The van der Waals surface area contributed by atoms with E-state index in [2.05, 4.69) is 20.0 Å². The van der Waals surface area contributed by atoms with Gasteiger partial charge < -0.3 is 9.42 Å². The Hall–Kier alpha value is -2.50. The predicted molar refractivity (Wildman–Crippen MR) is 84.9 cm³/mol. The molecule has 0 radical (unpaired) electrons. The van der Waals surface area contributed by atoms with E-state index in [1.54, 1.807) is 6.07 Å². The molecule has 1 aromatic carbocycles. The van der Waals surface area contributed by atoms with E-state index < -0.39 is 0 Å². The van der Waals surface area contributed by atoms with E-state index in [4.69, 9.17) is 4.52 Å². The number of aryl methyl sites for hydroxylation is 1. The van der Waals surface area contributed by atoms with Crippen molar-refractivity contribution in [2.24, 2.45) is 0 Å². The van der Waals surface area contributed by atoms with Crippen molar-refractivity contribution in [3.63, 3.8) is 0 Å². The number of piperidine rings is 1. The third-order valence-electron chi connectivity index (χ3n) is 4.39. The van der Waals surface area contributed by atoms with E-state index in [9.17, 15) is 4.39 Å². The lowest BCUT2D eigenvalue weighted by molar-refractivity contribution is 0.415. The van der Waals surface area contributed by atoms with Crippen LogP contribution in [0.3, 0.4) is 0 Å². The number of aromatic nitrogens is 3. The lowest BCUT2D eigenvalue weighted by Gasteiger charge is -2.31. The van der Waals surface area contributed by atoms with Gasteiger partial charge in [0.05, 0.1) is 5.69 Å². The van der Waals surface area contributed by atoms with E-state index in [1.807, 2.05) is 19.3 Å². The lowest BCUT2D eigenvalue weighted by Crippen LogP contribution is -2.34. The standard InChI is InChI=1S/C17H17FN4O/c1-11-9-19-17(20-10-11)22-6-4-12(5-7-22)16-14-3-2-13(18)8-15(14)23-21-16/h2-3,8-10,12H,4-7H2,1H3. The van der Waals surface area contributed by atoms with Gasteiger partial charge in [-0.3, -0.25) is 0 Å². The van der Waals surface area contributed by atoms with Crippen LogP contribution in [0.2, 0.25) is 0 Å². The van der Waals surface area contributed by atoms with Crippen molar-refractivity contribution >= 4 is 16.9 Å². The maximum atomic E-state index is 13.2. The topological polar surface area (TPSA) is 55.1 Å². The molecule has 0 unspecified atom stereocenters. The van der Waals surface area contributed by atoms with Gasteiger partial charge in [-0.15, -0.1) is 0 Å². The number of anilines is 1. The van der Waals surface area contributed by atoms with Gasteiger partial charge in [-0.2, -0.15) is 0 Å². The van der Waals surface area contributed by atoms with Crippen LogP contribution in [0.25, 0.3) is 11.0 Å². The zero-order valence-corrected chi connectivity index (χ0v) is 12.9. The molecular formula is C17H17FN4O. The molecule has 5 nitrogen and oxygen atoms in total. The Morgan fingerprint density at radius 3 is 2.65 bits per heavy atom. The van der Waals surface area contributed by atoms with Gasteiger partial charge in [0.15, 0.2) is 5.58 Å². The number of rotatable bonds is 2. The maximum absolute atomic E-state index is 13.2. The smallest absolute Gasteiger partial charge is 0.225 e. The molecule has 0 N–H and O–H groups in total. The molecule has 3 aromatic rings. The van der Waals surface area contributed by atoms with Crippen LogP contribution < -0.4 is 4.90 Å². The molecule has 6 heteroatoms. The molecule has 0 aliphatic carbocycles. The van der Waals surface area contributed by atoms with Crippen LogP contribution >= 0.6 is 0 Å². The minimum atomic E-state index is -0.300. The molecule has 0 saturated carbocycles. The van der Waals surface area contributed by atoms with Crippen LogP contribution in [0.5, 0.6) is 0 Å². The molecule has 1 fully saturated rings. The Kier molecular flexibility index (Phi) is 3.44. The number of nitrogens with zero attached hydrogens (tertiary/aromatic N) is 4. The quantitative estimate of drug-likeness (QED) is 0.725. The first-order chi connectivity index (χ1) is 11.2. The molecule has 2 aromatic heterocycles. The van der Waals surface area contributed by atoms with E-state index in [0.717, 1.165) is 48.5 Å². The summed E-state index contributed by atoms with van der Waals surface area (Å²) in [7, 11) is 0. The zero-order chi connectivity index (χ0) is 15.8. The maximum Gasteiger partial charge on any atom is 0.225 e. The second-order valence-electron chi connectivity index (χ2n) is 6.03. The molecule has 1 aliphatic rings. The molecule has 0 amide bonds. The van der Waals surface area contributed by atoms with Crippen molar-refractivity contribution in [2.45, 2.75) is 25.7 Å². The van der Waals surface area contributed by atoms with Crippen LogP contribution in [0.4, 0.5) is 10.3 Å². The van der Waals surface area contributed by atoms with Gasteiger partial charge in [-0.1, -0.05) is 5.16 Å². The van der Waals surface area contributed by atoms with Crippen molar-refractivity contribution in [3.05, 3.63) is 47.7 Å². The molecular weight excluding hydrogens is 295 g/mol. The number of halogens is 1. The van der Waals surface area contributed by atoms with Crippen LogP contribution in [-0.2, 0) is 0 Å². The summed E-state index contributed by atoms with van der Waals surface area (Å²) in [6.07, 6.45) is 5.59. The lowest BCUT2D eigenvalue weighted by atomic mass is 9.92. The number of hydrogen-bond acceptors (Lipinski definition) is 5. The molecule has 0 spiro atoms. The summed E-state index contributed by atoms with van der Waals surface area (Å²) >= 11 is 0. The van der Waals surface area contributed by atoms with Crippen molar-refractivity contribution in [1.29, 1.82) is 0 Å². The average Bonchev–Trinajstić information content (AvgIpc) is 2.99. The molecule has 0 bridgehead atoms. The molecule has 3 heterocycles. The predicted octanol–water partition coefficient (Wildman–Crippen LogP) is 3.45. The highest BCUT2D eigenvalue weighted by Crippen LogP contribution is 2.33. The fourth-order valence-corrected chi connectivity index (χ4v) is 3.13. The zero-order valence-electron chi connectivity index (χ0n) is 12.9. The Morgan fingerprint density at radius 1 is 1.17 bits per heavy atom. The van der Waals surface area contributed by atoms with Crippen LogP contribution in [0.15, 0.2) is 35.1 Å². The van der Waals surface area contributed by atoms with Gasteiger partial charge in [-0.25, -0.2) is 14.4 Å². The minimum absolute atomic E-state index is 0.300. The molecule has 1 aliphatic heterocycles. The van der Waals surface area contributed by atoms with Crippen LogP contribution in [0.1, 0.15) is 30.0 Å². The molecule has 1 saturated heterocycles. The Labute approximate surface area is 133 Å². The highest BCUT2D eigenvalue weighted by molar-refractivity contribution is 5.79.